The Balaban J connectivity index is 1.94. The van der Waals surface area contributed by atoms with Gasteiger partial charge in [-0.3, -0.25) is 38.4 Å². The number of aliphatic carboxylic acids is 3. The van der Waals surface area contributed by atoms with E-state index in [0.717, 1.165) is 63.4 Å². The summed E-state index contributed by atoms with van der Waals surface area (Å²) in [5.41, 5.74) is 0.774. The van der Waals surface area contributed by atoms with Gasteiger partial charge < -0.3 is 100 Å². The number of rotatable bonds is 63. The van der Waals surface area contributed by atoms with Crippen LogP contribution in [-0.4, -0.2) is 236 Å². The Kier molecular flexibility index (Phi) is 51.4. The molecule has 30 heteroatoms. The summed E-state index contributed by atoms with van der Waals surface area (Å²) >= 11 is 0. The fourth-order valence-electron chi connectivity index (χ4n) is 8.38. The first-order valence-corrected chi connectivity index (χ1v) is 31.5. The molecule has 1 rings (SSSR count). The predicted molar refractivity (Wildman–Crippen MR) is 328 cm³/mol. The summed E-state index contributed by atoms with van der Waals surface area (Å²) in [5, 5.41) is 55.1. The lowest BCUT2D eigenvalue weighted by atomic mass is 10.0. The molecule has 0 fully saturated rings. The lowest BCUT2D eigenvalue weighted by Gasteiger charge is -2.17. The number of carbonyl (C=O) groups is 11. The number of carboxylic acid groups (broad SMARTS) is 3. The van der Waals surface area contributed by atoms with Crippen LogP contribution < -0.4 is 37.2 Å². The molecular weight excluding hydrogens is 1200 g/mol. The molecule has 3 unspecified atom stereocenters. The number of benzene rings is 1. The van der Waals surface area contributed by atoms with Gasteiger partial charge >= 0.3 is 17.9 Å². The minimum atomic E-state index is -1.41. The second-order valence-electron chi connectivity index (χ2n) is 21.1. The third-order valence-electron chi connectivity index (χ3n) is 13.2. The van der Waals surface area contributed by atoms with Gasteiger partial charge in [0.15, 0.2) is 0 Å². The molecular formula is C61H101N7O23. The summed E-state index contributed by atoms with van der Waals surface area (Å²) in [6, 6.07) is 2.83. The number of phenols is 1. The van der Waals surface area contributed by atoms with E-state index in [0.29, 0.717) is 12.7 Å². The van der Waals surface area contributed by atoms with Crippen molar-refractivity contribution in [1.82, 2.24) is 37.2 Å². The standard InChI is InChI=1S/C61H101N7O23/c69-42-48(41-47-17-19-49(70)20-18-47)66-58(77)46-91-40-36-87-32-28-65-57(76)45-90-39-35-86-31-27-64-56(75)44-89-38-34-85-30-26-63-55(74)43-88-37-33-84-29-25-62-52(71)23-21-50(60(80)81)68-54(73)24-22-51(61(82)83)67-53(72)15-13-11-9-7-5-3-1-2-4-6-8-10-12-14-16-59(78)79/h17-20,42,48,50-51,70H,1-16,21-41,43-46H2,(H,62,71)(H,63,74)(H,64,75)(H,65,76)(H,66,77)(H,67,72)(H,68,73)(H,78,79)(H,80,81)(H,82,83). The summed E-state index contributed by atoms with van der Waals surface area (Å²) in [7, 11) is 0. The van der Waals surface area contributed by atoms with E-state index in [4.69, 9.17) is 43.0 Å². The van der Waals surface area contributed by atoms with Crippen molar-refractivity contribution in [2.75, 3.05) is 132 Å². The highest BCUT2D eigenvalue weighted by Crippen LogP contribution is 2.15. The number of unbranched alkanes of at least 4 members (excludes halogenated alkanes) is 13. The number of hydrogen-bond acceptors (Lipinski definition) is 20. The molecule has 0 spiro atoms. The van der Waals surface area contributed by atoms with Crippen molar-refractivity contribution < 1.29 is 111 Å². The summed E-state index contributed by atoms with van der Waals surface area (Å²) in [6.45, 7) is 1.77. The van der Waals surface area contributed by atoms with Crippen molar-refractivity contribution in [3.8, 4) is 5.75 Å². The van der Waals surface area contributed by atoms with Gasteiger partial charge in [-0.2, -0.15) is 0 Å². The number of hydrogen-bond donors (Lipinski definition) is 11. The number of phenolic OH excluding ortho intramolecular Hbond substituents is 1. The minimum absolute atomic E-state index is 0.0870. The highest BCUT2D eigenvalue weighted by Gasteiger charge is 2.25. The van der Waals surface area contributed by atoms with Gasteiger partial charge in [-0.15, -0.1) is 0 Å². The second-order valence-corrected chi connectivity index (χ2v) is 21.1. The fraction of sp³-hybridized carbons (Fsp3) is 0.721. The van der Waals surface area contributed by atoms with Crippen LogP contribution >= 0.6 is 0 Å². The lowest BCUT2D eigenvalue weighted by molar-refractivity contribution is -0.143. The zero-order valence-corrected chi connectivity index (χ0v) is 52.7. The highest BCUT2D eigenvalue weighted by atomic mass is 16.5. The highest BCUT2D eigenvalue weighted by molar-refractivity contribution is 5.86. The molecule has 0 aliphatic rings. The van der Waals surface area contributed by atoms with Crippen molar-refractivity contribution in [2.24, 2.45) is 0 Å². The van der Waals surface area contributed by atoms with E-state index in [1.807, 2.05) is 0 Å². The van der Waals surface area contributed by atoms with Crippen molar-refractivity contribution in [2.45, 2.75) is 153 Å². The molecule has 0 aliphatic heterocycles. The van der Waals surface area contributed by atoms with E-state index in [2.05, 4.69) is 37.2 Å². The number of aldehydes is 1. The molecule has 0 saturated carbocycles. The third-order valence-corrected chi connectivity index (χ3v) is 13.2. The molecule has 0 aliphatic carbocycles. The number of aromatic hydroxyl groups is 1. The number of carboxylic acids is 3. The molecule has 0 heterocycles. The van der Waals surface area contributed by atoms with Crippen LogP contribution in [0.2, 0.25) is 0 Å². The zero-order chi connectivity index (χ0) is 66.8. The molecule has 1 aromatic carbocycles. The molecule has 1 aromatic rings. The fourth-order valence-corrected chi connectivity index (χ4v) is 8.38. The van der Waals surface area contributed by atoms with E-state index in [-0.39, 0.29) is 200 Å². The SMILES string of the molecule is O=CC(Cc1ccc(O)cc1)NC(=O)COCCOCCNC(=O)COCCOCCNC(=O)COCCOCCNC(=O)COCCOCCNC(=O)CCC(NC(=O)CCC(NC(=O)CCCCCCCCCCCCCCCCC(=O)O)C(=O)O)C(=O)O. The van der Waals surface area contributed by atoms with E-state index >= 15 is 0 Å². The van der Waals surface area contributed by atoms with Crippen molar-refractivity contribution in [3.63, 3.8) is 0 Å². The number of ether oxygens (including phenoxy) is 8. The normalized spacial score (nSPS) is 12.0. The Hall–Kier alpha value is -6.93. The summed E-state index contributed by atoms with van der Waals surface area (Å²) in [6.07, 6.45) is 14.6. The molecule has 7 amide bonds. The molecule has 0 bridgehead atoms. The Morgan fingerprint density at radius 1 is 0.363 bits per heavy atom. The molecule has 0 radical (unpaired) electrons. The molecule has 11 N–H and O–H groups in total. The first-order valence-electron chi connectivity index (χ1n) is 31.5. The van der Waals surface area contributed by atoms with Crippen LogP contribution in [0.3, 0.4) is 0 Å². The minimum Gasteiger partial charge on any atom is -0.508 e. The monoisotopic (exact) mass is 1300 g/mol. The molecule has 3 atom stereocenters. The molecule has 0 saturated heterocycles. The Morgan fingerprint density at radius 2 is 0.681 bits per heavy atom. The van der Waals surface area contributed by atoms with Gasteiger partial charge in [0.05, 0.1) is 85.3 Å². The van der Waals surface area contributed by atoms with E-state index in [1.165, 1.54) is 37.8 Å². The quantitative estimate of drug-likeness (QED) is 0.0323. The average molecular weight is 1300 g/mol. The van der Waals surface area contributed by atoms with E-state index < -0.39 is 59.7 Å². The third kappa shape index (κ3) is 52.4. The van der Waals surface area contributed by atoms with Crippen LogP contribution in [0, 0.1) is 0 Å². The van der Waals surface area contributed by atoms with Gasteiger partial charge in [0.1, 0.15) is 50.5 Å². The van der Waals surface area contributed by atoms with E-state index in [9.17, 15) is 68.1 Å². The number of amides is 7. The lowest BCUT2D eigenvalue weighted by Crippen LogP contribution is -2.44. The molecule has 91 heavy (non-hydrogen) atoms. The summed E-state index contributed by atoms with van der Waals surface area (Å²) in [4.78, 5) is 131. The first kappa shape index (κ1) is 82.1. The maximum Gasteiger partial charge on any atom is 0.326 e. The van der Waals surface area contributed by atoms with E-state index in [1.54, 1.807) is 12.1 Å². The maximum absolute atomic E-state index is 12.6. The van der Waals surface area contributed by atoms with Gasteiger partial charge in [-0.05, 0) is 49.8 Å². The van der Waals surface area contributed by atoms with Gasteiger partial charge in [-0.25, -0.2) is 9.59 Å². The van der Waals surface area contributed by atoms with Gasteiger partial charge in [0.2, 0.25) is 41.4 Å². The van der Waals surface area contributed by atoms with Crippen molar-refractivity contribution in [3.05, 3.63) is 29.8 Å². The molecule has 0 aromatic heterocycles. The van der Waals surface area contributed by atoms with Crippen LogP contribution in [0.1, 0.15) is 134 Å². The van der Waals surface area contributed by atoms with Crippen LogP contribution in [0.25, 0.3) is 0 Å². The second kappa shape index (κ2) is 57.0. The topological polar surface area (TPSA) is 427 Å². The van der Waals surface area contributed by atoms with Gasteiger partial charge in [0.25, 0.3) is 0 Å². The molecule has 518 valence electrons. The van der Waals surface area contributed by atoms with Crippen LogP contribution in [0.15, 0.2) is 24.3 Å². The van der Waals surface area contributed by atoms with Gasteiger partial charge in [-0.1, -0.05) is 89.2 Å². The van der Waals surface area contributed by atoms with Crippen molar-refractivity contribution >= 4 is 65.5 Å². The van der Waals surface area contributed by atoms with Crippen LogP contribution in [0.4, 0.5) is 0 Å². The first-order chi connectivity index (χ1) is 44.0. The average Bonchev–Trinajstić information content (AvgIpc) is 2.95. The predicted octanol–water partition coefficient (Wildman–Crippen LogP) is 1.24. The molecule has 30 nitrogen and oxygen atoms in total. The van der Waals surface area contributed by atoms with Crippen LogP contribution in [0.5, 0.6) is 5.75 Å². The Morgan fingerprint density at radius 3 is 1.04 bits per heavy atom. The summed E-state index contributed by atoms with van der Waals surface area (Å²) < 4.78 is 42.6. The van der Waals surface area contributed by atoms with Crippen LogP contribution in [-0.2, 0) is 97.1 Å². The summed E-state index contributed by atoms with van der Waals surface area (Å²) in [5.74, 6) is -6.55. The number of carbonyl (C=O) groups excluding carboxylic acids is 8. The van der Waals surface area contributed by atoms with Gasteiger partial charge in [0, 0.05) is 51.9 Å². The number of nitrogens with one attached hydrogen (secondary N) is 7. The maximum atomic E-state index is 12.6. The smallest absolute Gasteiger partial charge is 0.326 e. The Labute approximate surface area is 532 Å². The Bertz CT molecular complexity index is 2200. The van der Waals surface area contributed by atoms with Crippen molar-refractivity contribution in [1.29, 1.82) is 0 Å². The largest absolute Gasteiger partial charge is 0.508 e. The zero-order valence-electron chi connectivity index (χ0n) is 52.7.